The summed E-state index contributed by atoms with van der Waals surface area (Å²) >= 11 is 3.51. The number of ether oxygens (including phenoxy) is 4. The van der Waals surface area contributed by atoms with E-state index in [9.17, 15) is 0 Å². The van der Waals surface area contributed by atoms with Gasteiger partial charge >= 0.3 is 0 Å². The van der Waals surface area contributed by atoms with Gasteiger partial charge in [0.25, 0.3) is 0 Å². The van der Waals surface area contributed by atoms with Gasteiger partial charge in [0.05, 0.1) is 18.7 Å². The lowest BCUT2D eigenvalue weighted by Gasteiger charge is -2.15. The molecule has 0 saturated heterocycles. The first-order valence-electron chi connectivity index (χ1n) is 8.38. The van der Waals surface area contributed by atoms with Crippen molar-refractivity contribution in [2.24, 2.45) is 4.99 Å². The second-order valence-electron chi connectivity index (χ2n) is 5.77. The van der Waals surface area contributed by atoms with Gasteiger partial charge < -0.3 is 29.6 Å². The molecule has 3 rings (SSSR count). The molecule has 0 aromatic heterocycles. The Bertz CT molecular complexity index is 842. The Morgan fingerprint density at radius 3 is 2.67 bits per heavy atom. The Balaban J connectivity index is 1.60. The lowest BCUT2D eigenvalue weighted by Crippen LogP contribution is -2.36. The largest absolute Gasteiger partial charge is 0.497 e. The first-order valence-corrected chi connectivity index (χ1v) is 9.17. The minimum atomic E-state index is 0.248. The first kappa shape index (κ1) is 19.2. The number of hydrogen-bond acceptors (Lipinski definition) is 5. The van der Waals surface area contributed by atoms with Crippen LogP contribution in [0.5, 0.6) is 23.0 Å². The number of aliphatic imine (C=N–C) groups is 1. The SMILES string of the molecule is CN=C(NCc1cc(Br)c2c(c1)OCO2)NCc1ccc(OC)cc1OC. The molecule has 2 N–H and O–H groups in total. The maximum Gasteiger partial charge on any atom is 0.231 e. The van der Waals surface area contributed by atoms with Crippen LogP contribution in [0.1, 0.15) is 11.1 Å². The molecular weight excluding hydrogens is 414 g/mol. The summed E-state index contributed by atoms with van der Waals surface area (Å²) in [7, 11) is 5.01. The zero-order valence-corrected chi connectivity index (χ0v) is 17.1. The van der Waals surface area contributed by atoms with E-state index in [0.717, 1.165) is 38.6 Å². The number of hydrogen-bond donors (Lipinski definition) is 2. The van der Waals surface area contributed by atoms with Crippen molar-refractivity contribution in [2.45, 2.75) is 13.1 Å². The van der Waals surface area contributed by atoms with Gasteiger partial charge in [-0.3, -0.25) is 4.99 Å². The van der Waals surface area contributed by atoms with E-state index < -0.39 is 0 Å². The normalized spacial score (nSPS) is 12.7. The van der Waals surface area contributed by atoms with Gasteiger partial charge in [0.15, 0.2) is 17.5 Å². The Morgan fingerprint density at radius 1 is 1.11 bits per heavy atom. The van der Waals surface area contributed by atoms with Gasteiger partial charge in [-0.15, -0.1) is 0 Å². The molecule has 0 radical (unpaired) electrons. The number of nitrogens with zero attached hydrogens (tertiary/aromatic N) is 1. The summed E-state index contributed by atoms with van der Waals surface area (Å²) in [5.41, 5.74) is 2.06. The molecule has 7 nitrogen and oxygen atoms in total. The molecule has 0 saturated carbocycles. The highest BCUT2D eigenvalue weighted by atomic mass is 79.9. The molecule has 1 aliphatic rings. The highest BCUT2D eigenvalue weighted by Gasteiger charge is 2.18. The number of benzene rings is 2. The van der Waals surface area contributed by atoms with Crippen molar-refractivity contribution in [2.75, 3.05) is 28.1 Å². The monoisotopic (exact) mass is 435 g/mol. The third kappa shape index (κ3) is 4.57. The van der Waals surface area contributed by atoms with E-state index in [1.54, 1.807) is 21.3 Å². The van der Waals surface area contributed by atoms with Gasteiger partial charge in [0, 0.05) is 31.8 Å². The van der Waals surface area contributed by atoms with Crippen molar-refractivity contribution >= 4 is 21.9 Å². The highest BCUT2D eigenvalue weighted by molar-refractivity contribution is 9.10. The molecule has 0 atom stereocenters. The molecule has 0 spiro atoms. The Kier molecular flexibility index (Phi) is 6.28. The maximum absolute atomic E-state index is 5.45. The topological polar surface area (TPSA) is 73.3 Å². The number of nitrogens with one attached hydrogen (secondary N) is 2. The number of rotatable bonds is 6. The van der Waals surface area contributed by atoms with Crippen molar-refractivity contribution in [3.05, 3.63) is 45.9 Å². The molecule has 0 amide bonds. The standard InChI is InChI=1S/C19H22BrN3O4/c1-21-19(23-10-13-4-5-14(24-2)8-16(13)25-3)22-9-12-6-15(20)18-17(7-12)26-11-27-18/h4-8H,9-11H2,1-3H3,(H2,21,22,23). The molecule has 1 aliphatic heterocycles. The molecule has 27 heavy (non-hydrogen) atoms. The van der Waals surface area contributed by atoms with Gasteiger partial charge in [-0.25, -0.2) is 0 Å². The van der Waals surface area contributed by atoms with Gasteiger partial charge in [-0.2, -0.15) is 0 Å². The summed E-state index contributed by atoms with van der Waals surface area (Å²) in [5, 5.41) is 6.58. The van der Waals surface area contributed by atoms with Crippen LogP contribution in [0.2, 0.25) is 0 Å². The van der Waals surface area contributed by atoms with E-state index in [2.05, 4.69) is 31.6 Å². The summed E-state index contributed by atoms with van der Waals surface area (Å²) in [6.07, 6.45) is 0. The summed E-state index contributed by atoms with van der Waals surface area (Å²) in [6, 6.07) is 9.68. The van der Waals surface area contributed by atoms with E-state index >= 15 is 0 Å². The lowest BCUT2D eigenvalue weighted by atomic mass is 10.2. The quantitative estimate of drug-likeness (QED) is 0.536. The molecular formula is C19H22BrN3O4. The van der Waals surface area contributed by atoms with Crippen molar-refractivity contribution in [3.8, 4) is 23.0 Å². The van der Waals surface area contributed by atoms with Crippen LogP contribution in [0.4, 0.5) is 0 Å². The number of fused-ring (bicyclic) bond motifs is 1. The van der Waals surface area contributed by atoms with Crippen molar-refractivity contribution in [3.63, 3.8) is 0 Å². The van der Waals surface area contributed by atoms with Crippen molar-refractivity contribution < 1.29 is 18.9 Å². The second-order valence-corrected chi connectivity index (χ2v) is 6.62. The van der Waals surface area contributed by atoms with Crippen LogP contribution in [-0.4, -0.2) is 34.0 Å². The van der Waals surface area contributed by atoms with Crippen LogP contribution in [0.3, 0.4) is 0 Å². The molecule has 0 bridgehead atoms. The molecule has 0 aliphatic carbocycles. The Morgan fingerprint density at radius 2 is 1.93 bits per heavy atom. The van der Waals surface area contributed by atoms with E-state index in [4.69, 9.17) is 18.9 Å². The molecule has 144 valence electrons. The summed E-state index contributed by atoms with van der Waals surface area (Å²) < 4.78 is 22.4. The van der Waals surface area contributed by atoms with Crippen LogP contribution in [0.25, 0.3) is 0 Å². The fourth-order valence-corrected chi connectivity index (χ4v) is 3.31. The van der Waals surface area contributed by atoms with Gasteiger partial charge in [-0.05, 0) is 45.8 Å². The fourth-order valence-electron chi connectivity index (χ4n) is 2.71. The molecule has 2 aromatic carbocycles. The van der Waals surface area contributed by atoms with Crippen molar-refractivity contribution in [1.29, 1.82) is 0 Å². The average molecular weight is 436 g/mol. The van der Waals surface area contributed by atoms with E-state index in [0.29, 0.717) is 19.0 Å². The third-order valence-electron chi connectivity index (χ3n) is 4.11. The molecule has 0 fully saturated rings. The van der Waals surface area contributed by atoms with Crippen LogP contribution in [0.15, 0.2) is 39.8 Å². The van der Waals surface area contributed by atoms with E-state index in [1.165, 1.54) is 0 Å². The Hall–Kier alpha value is -2.61. The number of halogens is 1. The number of methoxy groups -OCH3 is 2. The second kappa shape index (κ2) is 8.85. The third-order valence-corrected chi connectivity index (χ3v) is 4.70. The van der Waals surface area contributed by atoms with Crippen molar-refractivity contribution in [1.82, 2.24) is 10.6 Å². The van der Waals surface area contributed by atoms with E-state index in [1.807, 2.05) is 30.3 Å². The highest BCUT2D eigenvalue weighted by Crippen LogP contribution is 2.39. The summed E-state index contributed by atoms with van der Waals surface area (Å²) in [6.45, 7) is 1.41. The predicted molar refractivity (Wildman–Crippen MR) is 107 cm³/mol. The zero-order valence-electron chi connectivity index (χ0n) is 15.5. The average Bonchev–Trinajstić information content (AvgIpc) is 3.17. The fraction of sp³-hybridized carbons (Fsp3) is 0.316. The maximum atomic E-state index is 5.45. The number of guanidine groups is 1. The van der Waals surface area contributed by atoms with Gasteiger partial charge in [-0.1, -0.05) is 0 Å². The van der Waals surface area contributed by atoms with Crippen LogP contribution in [-0.2, 0) is 13.1 Å². The van der Waals surface area contributed by atoms with Gasteiger partial charge in [0.2, 0.25) is 6.79 Å². The van der Waals surface area contributed by atoms with Crippen LogP contribution in [0, 0.1) is 0 Å². The zero-order chi connectivity index (χ0) is 19.2. The smallest absolute Gasteiger partial charge is 0.231 e. The van der Waals surface area contributed by atoms with Gasteiger partial charge in [0.1, 0.15) is 11.5 Å². The van der Waals surface area contributed by atoms with Crippen LogP contribution < -0.4 is 29.6 Å². The minimum Gasteiger partial charge on any atom is -0.497 e. The predicted octanol–water partition coefficient (Wildman–Crippen LogP) is 3.06. The molecule has 1 heterocycles. The molecule has 2 aromatic rings. The van der Waals surface area contributed by atoms with E-state index in [-0.39, 0.29) is 6.79 Å². The molecule has 0 unspecified atom stereocenters. The minimum absolute atomic E-state index is 0.248. The Labute approximate surface area is 166 Å². The summed E-state index contributed by atoms with van der Waals surface area (Å²) in [4.78, 5) is 4.26. The summed E-state index contributed by atoms with van der Waals surface area (Å²) in [5.74, 6) is 3.69. The van der Waals surface area contributed by atoms with Crippen LogP contribution >= 0.6 is 15.9 Å². The lowest BCUT2D eigenvalue weighted by molar-refractivity contribution is 0.173. The molecule has 8 heteroatoms. The first-order chi connectivity index (χ1) is 13.1.